The Morgan fingerprint density at radius 3 is 2.35 bits per heavy atom. The van der Waals surface area contributed by atoms with Crippen molar-refractivity contribution in [1.29, 1.82) is 0 Å². The molecule has 0 radical (unpaired) electrons. The molecule has 2 fully saturated rings. The van der Waals surface area contributed by atoms with Crippen LogP contribution in [-0.4, -0.2) is 18.5 Å². The molecule has 0 aliphatic heterocycles. The van der Waals surface area contributed by atoms with Crippen molar-refractivity contribution in [3.05, 3.63) is 0 Å². The molecule has 1 N–H and O–H groups in total. The van der Waals surface area contributed by atoms with Gasteiger partial charge in [0.2, 0.25) is 5.92 Å². The van der Waals surface area contributed by atoms with Gasteiger partial charge >= 0.3 is 0 Å². The summed E-state index contributed by atoms with van der Waals surface area (Å²) in [5, 5.41) is 3.47. The van der Waals surface area contributed by atoms with Gasteiger partial charge in [-0.2, -0.15) is 0 Å². The molecular formula is C14H25F2N. The lowest BCUT2D eigenvalue weighted by Crippen LogP contribution is -2.38. The smallest absolute Gasteiger partial charge is 0.248 e. The van der Waals surface area contributed by atoms with Crippen LogP contribution in [0.3, 0.4) is 0 Å². The molecule has 0 aromatic rings. The maximum atomic E-state index is 13.1. The van der Waals surface area contributed by atoms with Gasteiger partial charge in [0.05, 0.1) is 0 Å². The molecule has 17 heavy (non-hydrogen) atoms. The van der Waals surface area contributed by atoms with Crippen molar-refractivity contribution in [3.8, 4) is 0 Å². The minimum Gasteiger partial charge on any atom is -0.314 e. The summed E-state index contributed by atoms with van der Waals surface area (Å²) in [5.74, 6) is -0.622. The quantitative estimate of drug-likeness (QED) is 0.776. The highest BCUT2D eigenvalue weighted by atomic mass is 19.3. The van der Waals surface area contributed by atoms with E-state index < -0.39 is 5.92 Å². The Balaban J connectivity index is 1.69. The summed E-state index contributed by atoms with van der Waals surface area (Å²) in [5.41, 5.74) is 0. The van der Waals surface area contributed by atoms with Gasteiger partial charge in [0, 0.05) is 18.9 Å². The fourth-order valence-corrected chi connectivity index (χ4v) is 3.28. The van der Waals surface area contributed by atoms with Crippen LogP contribution in [0.2, 0.25) is 0 Å². The lowest BCUT2D eigenvalue weighted by atomic mass is 9.69. The zero-order chi connectivity index (χ0) is 12.5. The van der Waals surface area contributed by atoms with Crippen molar-refractivity contribution >= 4 is 0 Å². The Bertz CT molecular complexity index is 253. The first-order valence-electron chi connectivity index (χ1n) is 7.07. The van der Waals surface area contributed by atoms with Crippen LogP contribution in [0.5, 0.6) is 0 Å². The van der Waals surface area contributed by atoms with Crippen LogP contribution < -0.4 is 5.32 Å². The van der Waals surface area contributed by atoms with Gasteiger partial charge in [-0.05, 0) is 50.0 Å². The Hall–Kier alpha value is -0.180. The Morgan fingerprint density at radius 1 is 1.18 bits per heavy atom. The largest absolute Gasteiger partial charge is 0.314 e. The van der Waals surface area contributed by atoms with Crippen molar-refractivity contribution < 1.29 is 8.78 Å². The van der Waals surface area contributed by atoms with E-state index in [1.54, 1.807) is 0 Å². The third-order valence-electron chi connectivity index (χ3n) is 4.50. The van der Waals surface area contributed by atoms with E-state index in [2.05, 4.69) is 19.2 Å². The third kappa shape index (κ3) is 3.64. The van der Waals surface area contributed by atoms with E-state index in [-0.39, 0.29) is 18.8 Å². The summed E-state index contributed by atoms with van der Waals surface area (Å²) in [7, 11) is 0. The van der Waals surface area contributed by atoms with E-state index >= 15 is 0 Å². The van der Waals surface area contributed by atoms with Gasteiger partial charge in [-0.25, -0.2) is 8.78 Å². The molecule has 0 bridgehead atoms. The van der Waals surface area contributed by atoms with E-state index in [1.807, 2.05) is 0 Å². The Morgan fingerprint density at radius 2 is 1.88 bits per heavy atom. The van der Waals surface area contributed by atoms with Crippen LogP contribution in [0.25, 0.3) is 0 Å². The maximum Gasteiger partial charge on any atom is 0.248 e. The number of hydrogen-bond acceptors (Lipinski definition) is 1. The standard InChI is InChI=1S/C14H25F2N/c1-10(2)17-9-13-4-3-12(13)7-11-5-6-14(15,16)8-11/h10-13,17H,3-9H2,1-2H3. The van der Waals surface area contributed by atoms with Crippen molar-refractivity contribution in [2.75, 3.05) is 6.54 Å². The monoisotopic (exact) mass is 245 g/mol. The van der Waals surface area contributed by atoms with E-state index in [1.165, 1.54) is 12.8 Å². The van der Waals surface area contributed by atoms with Crippen LogP contribution in [0, 0.1) is 17.8 Å². The van der Waals surface area contributed by atoms with Crippen molar-refractivity contribution in [1.82, 2.24) is 5.32 Å². The molecule has 0 aromatic carbocycles. The highest BCUT2D eigenvalue weighted by molar-refractivity contribution is 4.88. The lowest BCUT2D eigenvalue weighted by Gasteiger charge is -2.39. The molecule has 2 saturated carbocycles. The topological polar surface area (TPSA) is 12.0 Å². The number of hydrogen-bond donors (Lipinski definition) is 1. The zero-order valence-corrected chi connectivity index (χ0v) is 11.0. The van der Waals surface area contributed by atoms with Crippen LogP contribution >= 0.6 is 0 Å². The lowest BCUT2D eigenvalue weighted by molar-refractivity contribution is 0.00222. The summed E-state index contributed by atoms with van der Waals surface area (Å²) >= 11 is 0. The normalized spacial score (nSPS) is 36.2. The molecule has 2 aliphatic carbocycles. The van der Waals surface area contributed by atoms with Crippen LogP contribution in [0.4, 0.5) is 8.78 Å². The summed E-state index contributed by atoms with van der Waals surface area (Å²) in [4.78, 5) is 0. The second-order valence-corrected chi connectivity index (χ2v) is 6.36. The highest BCUT2D eigenvalue weighted by Crippen LogP contribution is 2.46. The molecule has 100 valence electrons. The van der Waals surface area contributed by atoms with Crippen LogP contribution in [0.1, 0.15) is 52.4 Å². The molecule has 3 atom stereocenters. The van der Waals surface area contributed by atoms with E-state index in [9.17, 15) is 8.78 Å². The van der Waals surface area contributed by atoms with Crippen LogP contribution in [0.15, 0.2) is 0 Å². The van der Waals surface area contributed by atoms with Gasteiger partial charge in [0.15, 0.2) is 0 Å². The first kappa shape index (κ1) is 13.3. The Labute approximate surface area is 103 Å². The number of alkyl halides is 2. The summed E-state index contributed by atoms with van der Waals surface area (Å²) in [6.45, 7) is 5.39. The number of rotatable bonds is 5. The molecule has 3 unspecified atom stereocenters. The SMILES string of the molecule is CC(C)NCC1CCC1CC1CCC(F)(F)C1. The molecule has 3 heteroatoms. The van der Waals surface area contributed by atoms with Gasteiger partial charge in [-0.3, -0.25) is 0 Å². The number of nitrogens with one attached hydrogen (secondary N) is 1. The summed E-state index contributed by atoms with van der Waals surface area (Å²) in [6, 6.07) is 0.534. The molecular weight excluding hydrogens is 220 g/mol. The average molecular weight is 245 g/mol. The van der Waals surface area contributed by atoms with Gasteiger partial charge in [-0.1, -0.05) is 13.8 Å². The van der Waals surface area contributed by atoms with E-state index in [0.29, 0.717) is 12.0 Å². The van der Waals surface area contributed by atoms with Gasteiger partial charge in [0.1, 0.15) is 0 Å². The minimum absolute atomic E-state index is 0.124. The molecule has 2 rings (SSSR count). The first-order valence-corrected chi connectivity index (χ1v) is 7.07. The zero-order valence-electron chi connectivity index (χ0n) is 11.0. The predicted molar refractivity (Wildman–Crippen MR) is 66.3 cm³/mol. The number of halogens is 2. The molecule has 0 heterocycles. The third-order valence-corrected chi connectivity index (χ3v) is 4.50. The fourth-order valence-electron chi connectivity index (χ4n) is 3.28. The first-order chi connectivity index (χ1) is 7.96. The minimum atomic E-state index is -2.36. The summed E-state index contributed by atoms with van der Waals surface area (Å²) in [6.07, 6.45) is 4.60. The molecule has 0 spiro atoms. The fraction of sp³-hybridized carbons (Fsp3) is 1.00. The molecule has 0 aromatic heterocycles. The average Bonchev–Trinajstić information content (AvgIpc) is 2.53. The van der Waals surface area contributed by atoms with Crippen LogP contribution in [-0.2, 0) is 0 Å². The van der Waals surface area contributed by atoms with Gasteiger partial charge in [0.25, 0.3) is 0 Å². The Kier molecular flexibility index (Phi) is 4.06. The van der Waals surface area contributed by atoms with E-state index in [0.717, 1.165) is 25.3 Å². The van der Waals surface area contributed by atoms with Gasteiger partial charge in [-0.15, -0.1) is 0 Å². The molecule has 2 aliphatic rings. The molecule has 0 amide bonds. The molecule has 0 saturated heterocycles. The van der Waals surface area contributed by atoms with Crippen molar-refractivity contribution in [3.63, 3.8) is 0 Å². The van der Waals surface area contributed by atoms with Crippen molar-refractivity contribution in [2.24, 2.45) is 17.8 Å². The van der Waals surface area contributed by atoms with Crippen molar-refractivity contribution in [2.45, 2.75) is 64.3 Å². The van der Waals surface area contributed by atoms with Gasteiger partial charge < -0.3 is 5.32 Å². The summed E-state index contributed by atoms with van der Waals surface area (Å²) < 4.78 is 26.2. The predicted octanol–water partition coefficient (Wildman–Crippen LogP) is 3.84. The second kappa shape index (κ2) is 5.21. The highest BCUT2D eigenvalue weighted by Gasteiger charge is 2.42. The van der Waals surface area contributed by atoms with E-state index in [4.69, 9.17) is 0 Å². The second-order valence-electron chi connectivity index (χ2n) is 6.36. The molecule has 1 nitrogen and oxygen atoms in total. The maximum absolute atomic E-state index is 13.1.